The Morgan fingerprint density at radius 2 is 2.06 bits per heavy atom. The van der Waals surface area contributed by atoms with Crippen molar-refractivity contribution < 1.29 is 28.2 Å². The van der Waals surface area contributed by atoms with E-state index in [1.165, 1.54) is 23.1 Å². The molecule has 2 atom stereocenters. The number of imide groups is 1. The van der Waals surface area contributed by atoms with E-state index in [0.717, 1.165) is 5.56 Å². The highest BCUT2D eigenvalue weighted by molar-refractivity contribution is 6.08. The van der Waals surface area contributed by atoms with Crippen molar-refractivity contribution in [3.8, 4) is 11.5 Å². The fourth-order valence-electron chi connectivity index (χ4n) is 5.32. The Morgan fingerprint density at radius 3 is 2.77 bits per heavy atom. The largest absolute Gasteiger partial charge is 0.508 e. The van der Waals surface area contributed by atoms with E-state index in [2.05, 4.69) is 15.0 Å². The molecule has 2 aromatic carbocycles. The first-order valence-electron chi connectivity index (χ1n) is 11.4. The average Bonchev–Trinajstić information content (AvgIpc) is 3.25. The number of H-pyrrole nitrogens is 1. The van der Waals surface area contributed by atoms with E-state index in [-0.39, 0.29) is 30.4 Å². The topological polar surface area (TPSA) is 97.9 Å². The zero-order valence-electron chi connectivity index (χ0n) is 19.3. The van der Waals surface area contributed by atoms with Gasteiger partial charge >= 0.3 is 12.6 Å². The molecule has 10 heteroatoms. The zero-order chi connectivity index (χ0) is 24.9. The third-order valence-electron chi connectivity index (χ3n) is 6.86. The van der Waals surface area contributed by atoms with Gasteiger partial charge in [-0.3, -0.25) is 14.6 Å². The third-order valence-corrected chi connectivity index (χ3v) is 6.86. The van der Waals surface area contributed by atoms with Gasteiger partial charge in [0.15, 0.2) is 0 Å². The van der Waals surface area contributed by atoms with Crippen LogP contribution < -0.4 is 10.1 Å². The molecule has 0 radical (unpaired) electrons. The van der Waals surface area contributed by atoms with Gasteiger partial charge in [-0.1, -0.05) is 12.1 Å². The van der Waals surface area contributed by atoms with E-state index >= 15 is 0 Å². The molecule has 2 aliphatic heterocycles. The molecule has 184 valence electrons. The number of carbonyl (C=O) groups is 2. The summed E-state index contributed by atoms with van der Waals surface area (Å²) in [6.45, 7) is -0.295. The summed E-state index contributed by atoms with van der Waals surface area (Å²) >= 11 is 0. The molecule has 2 aliphatic rings. The summed E-state index contributed by atoms with van der Waals surface area (Å²) in [4.78, 5) is 33.5. The van der Waals surface area contributed by atoms with Crippen LogP contribution in [0.15, 0.2) is 42.5 Å². The summed E-state index contributed by atoms with van der Waals surface area (Å²) in [5.41, 5.74) is 1.55. The van der Waals surface area contributed by atoms with Gasteiger partial charge in [0, 0.05) is 29.6 Å². The van der Waals surface area contributed by atoms with Crippen molar-refractivity contribution in [1.29, 1.82) is 0 Å². The summed E-state index contributed by atoms with van der Waals surface area (Å²) < 4.78 is 30.3. The molecule has 3 heterocycles. The molecule has 1 fully saturated rings. The number of hydrogen-bond donors (Lipinski definition) is 3. The molecular weight excluding hydrogens is 458 g/mol. The number of rotatable bonds is 7. The van der Waals surface area contributed by atoms with Crippen LogP contribution in [0.1, 0.15) is 36.2 Å². The van der Waals surface area contributed by atoms with Gasteiger partial charge in [0.1, 0.15) is 23.1 Å². The Balaban J connectivity index is 1.68. The van der Waals surface area contributed by atoms with Crippen molar-refractivity contribution in [2.75, 3.05) is 20.1 Å². The number of alkyl halides is 2. The van der Waals surface area contributed by atoms with Gasteiger partial charge in [0.05, 0.1) is 0 Å². The molecule has 8 nitrogen and oxygen atoms in total. The molecule has 35 heavy (non-hydrogen) atoms. The molecule has 0 bridgehead atoms. The number of ether oxygens (including phenoxy) is 1. The summed E-state index contributed by atoms with van der Waals surface area (Å²) in [5, 5.41) is 13.9. The lowest BCUT2D eigenvalue weighted by Crippen LogP contribution is -2.53. The van der Waals surface area contributed by atoms with Gasteiger partial charge in [0.2, 0.25) is 0 Å². The van der Waals surface area contributed by atoms with Crippen LogP contribution in [-0.2, 0) is 11.2 Å². The van der Waals surface area contributed by atoms with Crippen LogP contribution in [0.3, 0.4) is 0 Å². The summed E-state index contributed by atoms with van der Waals surface area (Å²) in [6, 6.07) is 10.1. The lowest BCUT2D eigenvalue weighted by molar-refractivity contribution is -0.133. The predicted molar refractivity (Wildman–Crippen MR) is 124 cm³/mol. The number of carbonyl (C=O) groups excluding carboxylic acids is 2. The molecule has 0 aliphatic carbocycles. The standard InChI is InChI=1S/C25H26F2N4O4/c1-25-13-18-17-12-16(35-23(26)27)7-8-19(17)29-20(18)21(14-5-3-6-15(32)11-14)31(25)24(34)30(22(25)33)10-4-9-28-2/h3,5-8,11-12,21,23,28-29,32H,4,9-10,13H2,1-2H3/t21-,25+/m1/s1. The molecule has 1 aromatic heterocycles. The minimum absolute atomic E-state index is 0.0123. The van der Waals surface area contributed by atoms with E-state index in [1.54, 1.807) is 43.1 Å². The van der Waals surface area contributed by atoms with Crippen LogP contribution in [0.4, 0.5) is 13.6 Å². The maximum Gasteiger partial charge on any atom is 0.387 e. The molecular formula is C25H26F2N4O4. The second kappa shape index (κ2) is 8.53. The minimum atomic E-state index is -2.96. The first-order chi connectivity index (χ1) is 16.7. The van der Waals surface area contributed by atoms with Crippen LogP contribution >= 0.6 is 0 Å². The van der Waals surface area contributed by atoms with Crippen molar-refractivity contribution in [1.82, 2.24) is 20.1 Å². The lowest BCUT2D eigenvalue weighted by atomic mass is 9.81. The van der Waals surface area contributed by atoms with Gasteiger partial charge in [-0.05, 0) is 68.4 Å². The Kier molecular flexibility index (Phi) is 5.63. The number of amides is 3. The Morgan fingerprint density at radius 1 is 1.26 bits per heavy atom. The highest BCUT2D eigenvalue weighted by Gasteiger charge is 2.60. The van der Waals surface area contributed by atoms with Gasteiger partial charge in [-0.25, -0.2) is 4.79 Å². The van der Waals surface area contributed by atoms with Gasteiger partial charge in [-0.2, -0.15) is 8.78 Å². The number of urea groups is 1. The van der Waals surface area contributed by atoms with Crippen LogP contribution in [0.2, 0.25) is 0 Å². The molecule has 5 rings (SSSR count). The Hall–Kier alpha value is -3.66. The smallest absolute Gasteiger partial charge is 0.387 e. The first kappa shape index (κ1) is 23.1. The molecule has 3 amide bonds. The first-order valence-corrected chi connectivity index (χ1v) is 11.4. The normalized spacial score (nSPS) is 21.7. The second-order valence-electron chi connectivity index (χ2n) is 9.12. The van der Waals surface area contributed by atoms with Crippen molar-refractivity contribution in [2.45, 2.75) is 38.0 Å². The summed E-state index contributed by atoms with van der Waals surface area (Å²) in [7, 11) is 1.81. The van der Waals surface area contributed by atoms with Crippen LogP contribution in [0.25, 0.3) is 10.9 Å². The van der Waals surface area contributed by atoms with E-state index in [0.29, 0.717) is 35.1 Å². The highest BCUT2D eigenvalue weighted by atomic mass is 19.3. The molecule has 3 N–H and O–H groups in total. The number of hydrogen-bond acceptors (Lipinski definition) is 5. The van der Waals surface area contributed by atoms with Crippen LogP contribution in [0, 0.1) is 0 Å². The van der Waals surface area contributed by atoms with Crippen LogP contribution in [0.5, 0.6) is 11.5 Å². The van der Waals surface area contributed by atoms with E-state index in [1.807, 2.05) is 0 Å². The van der Waals surface area contributed by atoms with Crippen molar-refractivity contribution in [3.63, 3.8) is 0 Å². The number of nitrogens with one attached hydrogen (secondary N) is 2. The van der Waals surface area contributed by atoms with Crippen molar-refractivity contribution in [2.24, 2.45) is 0 Å². The maximum absolute atomic E-state index is 13.6. The number of phenols is 1. The van der Waals surface area contributed by atoms with Gasteiger partial charge in [0.25, 0.3) is 5.91 Å². The monoisotopic (exact) mass is 484 g/mol. The number of aromatic hydroxyl groups is 1. The number of fused-ring (bicyclic) bond motifs is 4. The Labute approximate surface area is 200 Å². The number of aromatic amines is 1. The maximum atomic E-state index is 13.6. The lowest BCUT2D eigenvalue weighted by Gasteiger charge is -2.42. The molecule has 0 unspecified atom stereocenters. The SMILES string of the molecule is CNCCCN1C(=O)N2[C@H](c3cccc(O)c3)c3[nH]c4ccc(OC(F)F)cc4c3C[C@@]2(C)C1=O. The van der Waals surface area contributed by atoms with Crippen molar-refractivity contribution in [3.05, 3.63) is 59.3 Å². The zero-order valence-corrected chi connectivity index (χ0v) is 19.3. The summed E-state index contributed by atoms with van der Waals surface area (Å²) in [5.74, 6) is -0.258. The van der Waals surface area contributed by atoms with E-state index in [4.69, 9.17) is 0 Å². The number of aromatic nitrogens is 1. The highest BCUT2D eigenvalue weighted by Crippen LogP contribution is 2.49. The predicted octanol–water partition coefficient (Wildman–Crippen LogP) is 3.75. The fraction of sp³-hybridized carbons (Fsp3) is 0.360. The molecule has 0 saturated carbocycles. The number of phenolic OH excluding ortho intramolecular Hbond substituents is 1. The van der Waals surface area contributed by atoms with Gasteiger partial charge < -0.3 is 20.1 Å². The van der Waals surface area contributed by atoms with E-state index in [9.17, 15) is 23.5 Å². The van der Waals surface area contributed by atoms with E-state index < -0.39 is 24.2 Å². The average molecular weight is 485 g/mol. The molecule has 3 aromatic rings. The molecule has 1 saturated heterocycles. The fourth-order valence-corrected chi connectivity index (χ4v) is 5.32. The van der Waals surface area contributed by atoms with Crippen LogP contribution in [-0.4, -0.2) is 64.1 Å². The second-order valence-corrected chi connectivity index (χ2v) is 9.12. The number of halogens is 2. The Bertz CT molecular complexity index is 1310. The quantitative estimate of drug-likeness (QED) is 0.351. The summed E-state index contributed by atoms with van der Waals surface area (Å²) in [6.07, 6.45) is 0.820. The third kappa shape index (κ3) is 3.68. The minimum Gasteiger partial charge on any atom is -0.508 e. The van der Waals surface area contributed by atoms with Crippen molar-refractivity contribution >= 4 is 22.8 Å². The molecule has 0 spiro atoms. The van der Waals surface area contributed by atoms with Gasteiger partial charge in [-0.15, -0.1) is 0 Å². The number of benzene rings is 2. The number of nitrogens with zero attached hydrogens (tertiary/aromatic N) is 2.